The van der Waals surface area contributed by atoms with Gasteiger partial charge in [0.05, 0.1) is 0 Å². The third-order valence-electron chi connectivity index (χ3n) is 2.61. The molecule has 2 N–H and O–H groups in total. The summed E-state index contributed by atoms with van der Waals surface area (Å²) >= 11 is 0. The van der Waals surface area contributed by atoms with E-state index in [4.69, 9.17) is 5.73 Å². The van der Waals surface area contributed by atoms with E-state index in [0.717, 1.165) is 6.42 Å². The third kappa shape index (κ3) is 3.35. The van der Waals surface area contributed by atoms with Gasteiger partial charge in [0, 0.05) is 6.04 Å². The lowest BCUT2D eigenvalue weighted by atomic mass is 9.99. The number of hydrogen-bond acceptors (Lipinski definition) is 1. The molecule has 2 atom stereocenters. The molecular formula is C13H19N. The van der Waals surface area contributed by atoms with Crippen LogP contribution >= 0.6 is 0 Å². The molecule has 0 heterocycles. The Morgan fingerprint density at radius 3 is 2.50 bits per heavy atom. The van der Waals surface area contributed by atoms with E-state index in [1.54, 1.807) is 0 Å². The normalized spacial score (nSPS) is 15.6. The van der Waals surface area contributed by atoms with Gasteiger partial charge in [-0.25, -0.2) is 0 Å². The lowest BCUT2D eigenvalue weighted by Crippen LogP contribution is -2.24. The first-order valence-corrected chi connectivity index (χ1v) is 5.23. The van der Waals surface area contributed by atoms with Crippen molar-refractivity contribution in [1.29, 1.82) is 0 Å². The molecule has 0 aliphatic carbocycles. The SMILES string of the molecule is CCC(C)C(N)C=Cc1ccccc1. The summed E-state index contributed by atoms with van der Waals surface area (Å²) in [6.07, 6.45) is 5.31. The fourth-order valence-corrected chi connectivity index (χ4v) is 1.25. The third-order valence-corrected chi connectivity index (χ3v) is 2.61. The first kappa shape index (κ1) is 11.0. The summed E-state index contributed by atoms with van der Waals surface area (Å²) in [7, 11) is 0. The average Bonchev–Trinajstić information content (AvgIpc) is 2.26. The van der Waals surface area contributed by atoms with Gasteiger partial charge in [0.15, 0.2) is 0 Å². The van der Waals surface area contributed by atoms with Crippen LogP contribution in [0.25, 0.3) is 6.08 Å². The Balaban J connectivity index is 2.56. The largest absolute Gasteiger partial charge is 0.324 e. The second-order valence-corrected chi connectivity index (χ2v) is 3.73. The zero-order valence-electron chi connectivity index (χ0n) is 8.98. The van der Waals surface area contributed by atoms with Gasteiger partial charge in [0.25, 0.3) is 0 Å². The molecule has 1 nitrogen and oxygen atoms in total. The van der Waals surface area contributed by atoms with Crippen molar-refractivity contribution in [2.45, 2.75) is 26.3 Å². The van der Waals surface area contributed by atoms with Crippen LogP contribution in [-0.4, -0.2) is 6.04 Å². The summed E-state index contributed by atoms with van der Waals surface area (Å²) in [5.74, 6) is 0.551. The molecule has 76 valence electrons. The molecule has 0 saturated carbocycles. The van der Waals surface area contributed by atoms with Crippen LogP contribution in [-0.2, 0) is 0 Å². The Hall–Kier alpha value is -1.08. The molecule has 0 radical (unpaired) electrons. The predicted molar refractivity (Wildman–Crippen MR) is 62.9 cm³/mol. The maximum atomic E-state index is 5.99. The maximum Gasteiger partial charge on any atom is 0.0252 e. The second kappa shape index (κ2) is 5.61. The van der Waals surface area contributed by atoms with Gasteiger partial charge in [0.1, 0.15) is 0 Å². The lowest BCUT2D eigenvalue weighted by molar-refractivity contribution is 0.504. The van der Waals surface area contributed by atoms with E-state index in [-0.39, 0.29) is 6.04 Å². The fraction of sp³-hybridized carbons (Fsp3) is 0.385. The summed E-state index contributed by atoms with van der Waals surface area (Å²) in [6, 6.07) is 10.4. The van der Waals surface area contributed by atoms with Crippen molar-refractivity contribution in [2.24, 2.45) is 11.7 Å². The van der Waals surface area contributed by atoms with Crippen molar-refractivity contribution in [1.82, 2.24) is 0 Å². The summed E-state index contributed by atoms with van der Waals surface area (Å²) < 4.78 is 0. The van der Waals surface area contributed by atoms with Gasteiger partial charge in [-0.2, -0.15) is 0 Å². The predicted octanol–water partition coefficient (Wildman–Crippen LogP) is 3.07. The number of benzene rings is 1. The van der Waals surface area contributed by atoms with E-state index in [9.17, 15) is 0 Å². The van der Waals surface area contributed by atoms with E-state index in [1.807, 2.05) is 18.2 Å². The molecule has 1 heteroatoms. The van der Waals surface area contributed by atoms with Gasteiger partial charge in [0.2, 0.25) is 0 Å². The topological polar surface area (TPSA) is 26.0 Å². The Morgan fingerprint density at radius 1 is 1.29 bits per heavy atom. The van der Waals surface area contributed by atoms with Gasteiger partial charge in [-0.05, 0) is 11.5 Å². The van der Waals surface area contributed by atoms with Crippen LogP contribution in [0.5, 0.6) is 0 Å². The van der Waals surface area contributed by atoms with Crippen molar-refractivity contribution in [3.8, 4) is 0 Å². The minimum atomic E-state index is 0.167. The van der Waals surface area contributed by atoms with Gasteiger partial charge in [-0.1, -0.05) is 62.8 Å². The van der Waals surface area contributed by atoms with Crippen molar-refractivity contribution in [3.05, 3.63) is 42.0 Å². The molecule has 0 aliphatic heterocycles. The van der Waals surface area contributed by atoms with E-state index in [0.29, 0.717) is 5.92 Å². The van der Waals surface area contributed by atoms with Gasteiger partial charge in [-0.3, -0.25) is 0 Å². The number of hydrogen-bond donors (Lipinski definition) is 1. The lowest BCUT2D eigenvalue weighted by Gasteiger charge is -2.13. The van der Waals surface area contributed by atoms with Crippen LogP contribution in [0.1, 0.15) is 25.8 Å². The van der Waals surface area contributed by atoms with Gasteiger partial charge < -0.3 is 5.73 Å². The molecule has 0 fully saturated rings. The van der Waals surface area contributed by atoms with Crippen LogP contribution in [0.2, 0.25) is 0 Å². The minimum absolute atomic E-state index is 0.167. The van der Waals surface area contributed by atoms with Gasteiger partial charge >= 0.3 is 0 Å². The summed E-state index contributed by atoms with van der Waals surface area (Å²) in [4.78, 5) is 0. The highest BCUT2D eigenvalue weighted by molar-refractivity contribution is 5.49. The average molecular weight is 189 g/mol. The van der Waals surface area contributed by atoms with Crippen molar-refractivity contribution >= 4 is 6.08 Å². The monoisotopic (exact) mass is 189 g/mol. The smallest absolute Gasteiger partial charge is 0.0252 e. The summed E-state index contributed by atoms with van der Waals surface area (Å²) in [5, 5.41) is 0. The van der Waals surface area contributed by atoms with Crippen molar-refractivity contribution in [2.75, 3.05) is 0 Å². The van der Waals surface area contributed by atoms with Crippen molar-refractivity contribution < 1.29 is 0 Å². The molecule has 14 heavy (non-hydrogen) atoms. The molecule has 0 spiro atoms. The fourth-order valence-electron chi connectivity index (χ4n) is 1.25. The Labute approximate surface area is 86.6 Å². The van der Waals surface area contributed by atoms with Gasteiger partial charge in [-0.15, -0.1) is 0 Å². The maximum absolute atomic E-state index is 5.99. The Kier molecular flexibility index (Phi) is 4.41. The number of nitrogens with two attached hydrogens (primary N) is 1. The summed E-state index contributed by atoms with van der Waals surface area (Å²) in [6.45, 7) is 4.35. The Bertz CT molecular complexity index is 277. The van der Waals surface area contributed by atoms with Crippen LogP contribution in [0.3, 0.4) is 0 Å². The first-order chi connectivity index (χ1) is 6.74. The van der Waals surface area contributed by atoms with Crippen LogP contribution < -0.4 is 5.73 Å². The Morgan fingerprint density at radius 2 is 1.93 bits per heavy atom. The zero-order valence-corrected chi connectivity index (χ0v) is 8.98. The molecule has 0 bridgehead atoms. The van der Waals surface area contributed by atoms with E-state index in [2.05, 4.69) is 38.1 Å². The molecule has 1 aromatic carbocycles. The number of rotatable bonds is 4. The highest BCUT2D eigenvalue weighted by Gasteiger charge is 2.05. The zero-order chi connectivity index (χ0) is 10.4. The van der Waals surface area contributed by atoms with E-state index >= 15 is 0 Å². The van der Waals surface area contributed by atoms with E-state index in [1.165, 1.54) is 5.56 Å². The molecule has 1 rings (SSSR count). The molecule has 0 aromatic heterocycles. The molecule has 0 aliphatic rings. The van der Waals surface area contributed by atoms with E-state index < -0.39 is 0 Å². The molecule has 0 amide bonds. The van der Waals surface area contributed by atoms with Crippen LogP contribution in [0.4, 0.5) is 0 Å². The quantitative estimate of drug-likeness (QED) is 0.774. The molecule has 0 saturated heterocycles. The summed E-state index contributed by atoms with van der Waals surface area (Å²) in [5.41, 5.74) is 7.20. The molecule has 1 aromatic rings. The minimum Gasteiger partial charge on any atom is -0.324 e. The van der Waals surface area contributed by atoms with Crippen molar-refractivity contribution in [3.63, 3.8) is 0 Å². The standard InChI is InChI=1S/C13H19N/c1-3-11(2)13(14)10-9-12-7-5-4-6-8-12/h4-11,13H,3,14H2,1-2H3. The van der Waals surface area contributed by atoms with Crippen LogP contribution in [0, 0.1) is 5.92 Å². The highest BCUT2D eigenvalue weighted by atomic mass is 14.6. The molecular weight excluding hydrogens is 170 g/mol. The second-order valence-electron chi connectivity index (χ2n) is 3.73. The highest BCUT2D eigenvalue weighted by Crippen LogP contribution is 2.08. The first-order valence-electron chi connectivity index (χ1n) is 5.23. The molecule has 2 unspecified atom stereocenters. The van der Waals surface area contributed by atoms with Crippen LogP contribution in [0.15, 0.2) is 36.4 Å².